The largest absolute Gasteiger partial charge is 0.692 e. The average molecular weight is 359 g/mol. The van der Waals surface area contributed by atoms with Crippen LogP contribution in [0.15, 0.2) is 0 Å². The van der Waals surface area contributed by atoms with Gasteiger partial charge in [-0.2, -0.15) is 21.6 Å². The topological polar surface area (TPSA) is 112 Å². The van der Waals surface area contributed by atoms with Gasteiger partial charge in [0.1, 0.15) is 0 Å². The maximum atomic E-state index is 10.7. The Bertz CT molecular complexity index is 241. The van der Waals surface area contributed by atoms with Crippen molar-refractivity contribution in [3.63, 3.8) is 0 Å². The summed E-state index contributed by atoms with van der Waals surface area (Å²) < 4.78 is 66.2. The van der Waals surface area contributed by atoms with Crippen LogP contribution in [-0.4, -0.2) is 28.3 Å². The predicted molar refractivity (Wildman–Crippen MR) is 45.1 cm³/mol. The van der Waals surface area contributed by atoms with Gasteiger partial charge in [-0.05, 0) is 0 Å². The molecule has 0 aliphatic rings. The van der Waals surface area contributed by atoms with Crippen molar-refractivity contribution >= 4 is 42.3 Å². The van der Waals surface area contributed by atoms with Crippen LogP contribution in [0.25, 0.3) is 0 Å². The zero-order chi connectivity index (χ0) is 10.6. The van der Waals surface area contributed by atoms with Crippen molar-refractivity contribution in [2.24, 2.45) is 0 Å². The van der Waals surface area contributed by atoms with E-state index in [1.54, 1.807) is 0 Å². The van der Waals surface area contributed by atoms with Gasteiger partial charge in [0, 0.05) is 4.57 Å². The molecule has 0 atom stereocenters. The van der Waals surface area contributed by atoms with E-state index in [9.17, 15) is 13.2 Å². The monoisotopic (exact) mass is 359 g/mol. The van der Waals surface area contributed by atoms with Crippen LogP contribution in [0, 0.1) is 0 Å². The van der Waals surface area contributed by atoms with Crippen LogP contribution in [0.4, 0.5) is 13.2 Å². The zero-order valence-corrected chi connectivity index (χ0v) is 9.51. The van der Waals surface area contributed by atoms with Gasteiger partial charge in [0.2, 0.25) is 0 Å². The molecule has 0 saturated heterocycles. The number of rotatable bonds is 0. The Morgan fingerprint density at radius 2 is 1.23 bits per heavy atom. The number of halogens is 4. The third-order valence-corrected chi connectivity index (χ3v) is 0.877. The maximum Gasteiger partial charge on any atom is 0.692 e. The van der Waals surface area contributed by atoms with Crippen LogP contribution < -0.4 is 0 Å². The number of hydrogen-bond donors (Lipinski definition) is 3. The minimum atomic E-state index is -5.84. The summed E-state index contributed by atoms with van der Waals surface area (Å²) in [6.07, 6.45) is 0. The molecule has 0 unspecified atom stereocenters. The van der Waals surface area contributed by atoms with Gasteiger partial charge in [-0.1, -0.05) is 0 Å². The molecule has 0 amide bonds. The van der Waals surface area contributed by atoms with Crippen molar-refractivity contribution < 1.29 is 40.5 Å². The molecule has 0 aliphatic heterocycles. The highest BCUT2D eigenvalue weighted by Gasteiger charge is 2.44. The molecular weight excluding hydrogens is 355 g/mol. The first kappa shape index (κ1) is 19.1. The van der Waals surface area contributed by atoms with Gasteiger partial charge >= 0.3 is 23.9 Å². The van der Waals surface area contributed by atoms with Crippen LogP contribution >= 0.6 is 32.2 Å². The summed E-state index contributed by atoms with van der Waals surface area (Å²) in [6.45, 7) is 0. The van der Waals surface area contributed by atoms with Crippen LogP contribution in [0.1, 0.15) is 0 Å². The SMILES string of the molecule is I.O=S(=O)(O)C(F)(F)F.O=[P+](O)O. The van der Waals surface area contributed by atoms with Crippen LogP contribution in [0.3, 0.4) is 0 Å². The van der Waals surface area contributed by atoms with E-state index < -0.39 is 23.9 Å². The van der Waals surface area contributed by atoms with Crippen molar-refractivity contribution in [2.75, 3.05) is 0 Å². The van der Waals surface area contributed by atoms with Crippen LogP contribution in [0.2, 0.25) is 0 Å². The summed E-state index contributed by atoms with van der Waals surface area (Å²) in [5.74, 6) is 0. The standard InChI is InChI=1S/CHF3O3S.HI.HO3P/c2-1(3,4)8(5,6)7;;1-4(2)3/h(H,5,6,7);1H;(H-,1,2,3)/p+1. The Morgan fingerprint density at radius 1 is 1.15 bits per heavy atom. The molecule has 13 heavy (non-hydrogen) atoms. The van der Waals surface area contributed by atoms with E-state index in [1.807, 2.05) is 0 Å². The molecule has 3 N–H and O–H groups in total. The number of hydrogen-bond acceptors (Lipinski definition) is 3. The fourth-order valence-electron chi connectivity index (χ4n) is 0. The fourth-order valence-corrected chi connectivity index (χ4v) is 0. The highest BCUT2D eigenvalue weighted by atomic mass is 127. The quantitative estimate of drug-likeness (QED) is 0.253. The molecule has 12 heteroatoms. The van der Waals surface area contributed by atoms with Crippen molar-refractivity contribution in [3.8, 4) is 0 Å². The van der Waals surface area contributed by atoms with Crippen molar-refractivity contribution in [3.05, 3.63) is 0 Å². The Kier molecular flexibility index (Phi) is 10.0. The molecule has 0 aromatic heterocycles. The first-order valence-electron chi connectivity index (χ1n) is 1.87. The van der Waals surface area contributed by atoms with E-state index in [4.69, 9.17) is 27.3 Å². The molecule has 0 rings (SSSR count). The van der Waals surface area contributed by atoms with Gasteiger partial charge < -0.3 is 0 Å². The predicted octanol–water partition coefficient (Wildman–Crippen LogP) is 0.640. The summed E-state index contributed by atoms with van der Waals surface area (Å²) in [5, 5.41) is 0. The van der Waals surface area contributed by atoms with Crippen LogP contribution in [-0.2, 0) is 14.7 Å². The lowest BCUT2D eigenvalue weighted by molar-refractivity contribution is -0.0510. The molecule has 82 valence electrons. The van der Waals surface area contributed by atoms with E-state index in [0.29, 0.717) is 0 Å². The average Bonchev–Trinajstić information content (AvgIpc) is 1.55. The summed E-state index contributed by atoms with van der Waals surface area (Å²) in [7, 11) is -8.71. The second-order valence-electron chi connectivity index (χ2n) is 1.17. The third-order valence-electron chi connectivity index (χ3n) is 0.292. The summed E-state index contributed by atoms with van der Waals surface area (Å²) in [6, 6.07) is 0. The molecular formula is CH4F3IO6PS+. The normalized spacial score (nSPS) is 10.6. The van der Waals surface area contributed by atoms with Crippen molar-refractivity contribution in [1.82, 2.24) is 0 Å². The van der Waals surface area contributed by atoms with Crippen LogP contribution in [0.5, 0.6) is 0 Å². The smallest absolute Gasteiger partial charge is 0.279 e. The Morgan fingerprint density at radius 3 is 1.23 bits per heavy atom. The van der Waals surface area contributed by atoms with E-state index in [1.165, 1.54) is 0 Å². The van der Waals surface area contributed by atoms with Gasteiger partial charge in [-0.25, -0.2) is 0 Å². The minimum absolute atomic E-state index is 0. The molecule has 0 aromatic carbocycles. The number of alkyl halides is 3. The summed E-state index contributed by atoms with van der Waals surface area (Å²) in [4.78, 5) is 14.2. The molecule has 0 radical (unpaired) electrons. The summed E-state index contributed by atoms with van der Waals surface area (Å²) in [5.41, 5.74) is -5.53. The lowest BCUT2D eigenvalue weighted by Gasteiger charge is -1.97. The first-order valence-corrected chi connectivity index (χ1v) is 4.47. The molecule has 0 aromatic rings. The minimum Gasteiger partial charge on any atom is -0.279 e. The zero-order valence-electron chi connectivity index (χ0n) is 5.46. The lowest BCUT2D eigenvalue weighted by Crippen LogP contribution is -2.21. The molecule has 0 bridgehead atoms. The Hall–Kier alpha value is 0.450. The van der Waals surface area contributed by atoms with Gasteiger partial charge in [0.05, 0.1) is 0 Å². The highest BCUT2D eigenvalue weighted by molar-refractivity contribution is 14.0. The molecule has 0 aliphatic carbocycles. The molecule has 0 spiro atoms. The maximum absolute atomic E-state index is 10.7. The van der Waals surface area contributed by atoms with E-state index in [0.717, 1.165) is 0 Å². The second-order valence-corrected chi connectivity index (χ2v) is 3.09. The lowest BCUT2D eigenvalue weighted by atomic mass is 11.6. The highest BCUT2D eigenvalue weighted by Crippen LogP contribution is 2.20. The van der Waals surface area contributed by atoms with E-state index in [-0.39, 0.29) is 24.0 Å². The van der Waals surface area contributed by atoms with Gasteiger partial charge in [0.15, 0.2) is 0 Å². The van der Waals surface area contributed by atoms with Gasteiger partial charge in [-0.15, -0.1) is 33.8 Å². The van der Waals surface area contributed by atoms with E-state index >= 15 is 0 Å². The third kappa shape index (κ3) is 15.2. The fraction of sp³-hybridized carbons (Fsp3) is 1.00. The Labute approximate surface area is 88.5 Å². The molecule has 6 nitrogen and oxygen atoms in total. The van der Waals surface area contributed by atoms with Crippen molar-refractivity contribution in [2.45, 2.75) is 5.51 Å². The molecule has 0 saturated carbocycles. The van der Waals surface area contributed by atoms with Gasteiger partial charge in [0.25, 0.3) is 0 Å². The molecule has 0 heterocycles. The van der Waals surface area contributed by atoms with E-state index in [2.05, 4.69) is 0 Å². The Balaban J connectivity index is -0.000000173. The van der Waals surface area contributed by atoms with Gasteiger partial charge in [-0.3, -0.25) is 4.55 Å². The summed E-state index contributed by atoms with van der Waals surface area (Å²) >= 11 is 0. The first-order chi connectivity index (χ1) is 4.98. The second kappa shape index (κ2) is 6.84. The molecule has 0 fully saturated rings. The van der Waals surface area contributed by atoms with Crippen molar-refractivity contribution in [1.29, 1.82) is 0 Å².